The summed E-state index contributed by atoms with van der Waals surface area (Å²) in [5, 5.41) is 9.30. The van der Waals surface area contributed by atoms with Crippen LogP contribution in [0.25, 0.3) is 5.69 Å². The van der Waals surface area contributed by atoms with Crippen molar-refractivity contribution in [3.63, 3.8) is 0 Å². The normalized spacial score (nSPS) is 11.8. The number of benzene rings is 2. The average Bonchev–Trinajstić information content (AvgIpc) is 2.96. The minimum atomic E-state index is -0.920. The highest BCUT2D eigenvalue weighted by atomic mass is 16.5. The average molecular weight is 363 g/mol. The summed E-state index contributed by atoms with van der Waals surface area (Å²) in [7, 11) is 0. The first kappa shape index (κ1) is 18.5. The Morgan fingerprint density at radius 1 is 1.00 bits per heavy atom. The van der Waals surface area contributed by atoms with Gasteiger partial charge in [0, 0.05) is 22.6 Å². The number of aromatic hydroxyl groups is 1. The number of esters is 1. The maximum atomic E-state index is 12.9. The zero-order valence-corrected chi connectivity index (χ0v) is 15.5. The number of phenols is 1. The van der Waals surface area contributed by atoms with Crippen molar-refractivity contribution < 1.29 is 19.4 Å². The van der Waals surface area contributed by atoms with E-state index in [1.807, 2.05) is 54.8 Å². The lowest BCUT2D eigenvalue weighted by Crippen LogP contribution is -2.24. The fourth-order valence-electron chi connectivity index (χ4n) is 3.09. The molecule has 0 bridgehead atoms. The Morgan fingerprint density at radius 3 is 2.26 bits per heavy atom. The molecule has 138 valence electrons. The molecule has 0 saturated heterocycles. The van der Waals surface area contributed by atoms with Gasteiger partial charge in [-0.2, -0.15) is 0 Å². The fourth-order valence-corrected chi connectivity index (χ4v) is 3.09. The highest BCUT2D eigenvalue weighted by Crippen LogP contribution is 2.23. The quantitative estimate of drug-likeness (QED) is 0.544. The summed E-state index contributed by atoms with van der Waals surface area (Å²) in [6, 6.07) is 17.3. The number of hydrogen-bond acceptors (Lipinski definition) is 4. The summed E-state index contributed by atoms with van der Waals surface area (Å²) in [6.07, 6.45) is -0.920. The van der Waals surface area contributed by atoms with Crippen molar-refractivity contribution in [2.75, 3.05) is 0 Å². The number of nitrogens with zero attached hydrogens (tertiary/aromatic N) is 1. The molecule has 0 radical (unpaired) electrons. The molecule has 0 fully saturated rings. The molecule has 0 amide bonds. The van der Waals surface area contributed by atoms with Gasteiger partial charge in [0.25, 0.3) is 0 Å². The number of aromatic nitrogens is 1. The molecular formula is C22H21NO4. The van der Waals surface area contributed by atoms with E-state index in [2.05, 4.69) is 0 Å². The van der Waals surface area contributed by atoms with Gasteiger partial charge in [-0.25, -0.2) is 4.79 Å². The molecule has 1 aromatic heterocycles. The number of aryl methyl sites for hydroxylation is 1. The summed E-state index contributed by atoms with van der Waals surface area (Å²) in [5.41, 5.74) is 3.51. The molecule has 0 saturated carbocycles. The van der Waals surface area contributed by atoms with Crippen LogP contribution in [0, 0.1) is 13.8 Å². The Hall–Kier alpha value is -3.34. The third-order valence-electron chi connectivity index (χ3n) is 4.47. The summed E-state index contributed by atoms with van der Waals surface area (Å²) < 4.78 is 7.32. The van der Waals surface area contributed by atoms with Gasteiger partial charge in [-0.15, -0.1) is 0 Å². The molecule has 0 spiro atoms. The number of rotatable bonds is 5. The monoisotopic (exact) mass is 363 g/mol. The van der Waals surface area contributed by atoms with Crippen molar-refractivity contribution in [2.45, 2.75) is 26.9 Å². The second-order valence-corrected chi connectivity index (χ2v) is 6.41. The summed E-state index contributed by atoms with van der Waals surface area (Å²) in [5.74, 6) is -0.797. The second kappa shape index (κ2) is 7.50. The van der Waals surface area contributed by atoms with Crippen molar-refractivity contribution in [1.82, 2.24) is 4.57 Å². The van der Waals surface area contributed by atoms with Crippen LogP contribution in [0.5, 0.6) is 5.75 Å². The van der Waals surface area contributed by atoms with Gasteiger partial charge in [0.05, 0.1) is 5.56 Å². The highest BCUT2D eigenvalue weighted by molar-refractivity contribution is 6.02. The minimum absolute atomic E-state index is 0.0593. The molecule has 0 unspecified atom stereocenters. The molecule has 0 aliphatic rings. The number of ketones is 1. The van der Waals surface area contributed by atoms with E-state index in [0.717, 1.165) is 17.1 Å². The molecule has 1 N–H and O–H groups in total. The molecule has 0 aliphatic heterocycles. The lowest BCUT2D eigenvalue weighted by atomic mass is 10.1. The summed E-state index contributed by atoms with van der Waals surface area (Å²) in [4.78, 5) is 25.1. The van der Waals surface area contributed by atoms with Crippen LogP contribution in [0.1, 0.15) is 39.0 Å². The van der Waals surface area contributed by atoms with Gasteiger partial charge in [-0.05, 0) is 63.2 Å². The largest absolute Gasteiger partial charge is 0.508 e. The van der Waals surface area contributed by atoms with Crippen molar-refractivity contribution >= 4 is 11.8 Å². The topological polar surface area (TPSA) is 68.5 Å². The third kappa shape index (κ3) is 3.77. The highest BCUT2D eigenvalue weighted by Gasteiger charge is 2.24. The van der Waals surface area contributed by atoms with Gasteiger partial charge in [-0.1, -0.05) is 18.2 Å². The van der Waals surface area contributed by atoms with Crippen molar-refractivity contribution in [2.24, 2.45) is 0 Å². The zero-order valence-electron chi connectivity index (χ0n) is 15.5. The van der Waals surface area contributed by atoms with Crippen LogP contribution in [0.2, 0.25) is 0 Å². The van der Waals surface area contributed by atoms with E-state index in [0.29, 0.717) is 5.56 Å². The van der Waals surface area contributed by atoms with Crippen LogP contribution >= 0.6 is 0 Å². The number of phenolic OH excluding ortho intramolecular Hbond substituents is 1. The first-order chi connectivity index (χ1) is 12.9. The third-order valence-corrected chi connectivity index (χ3v) is 4.47. The smallest absolute Gasteiger partial charge is 0.338 e. The number of para-hydroxylation sites is 1. The van der Waals surface area contributed by atoms with Crippen LogP contribution < -0.4 is 0 Å². The van der Waals surface area contributed by atoms with E-state index in [1.54, 1.807) is 6.92 Å². The Morgan fingerprint density at radius 2 is 1.63 bits per heavy atom. The van der Waals surface area contributed by atoms with Gasteiger partial charge in [0.1, 0.15) is 5.75 Å². The Labute approximate surface area is 157 Å². The van der Waals surface area contributed by atoms with E-state index >= 15 is 0 Å². The van der Waals surface area contributed by atoms with E-state index in [1.165, 1.54) is 24.3 Å². The van der Waals surface area contributed by atoms with Crippen LogP contribution in [0.4, 0.5) is 0 Å². The molecular weight excluding hydrogens is 342 g/mol. The van der Waals surface area contributed by atoms with Gasteiger partial charge < -0.3 is 14.4 Å². The number of ether oxygens (including phenoxy) is 1. The van der Waals surface area contributed by atoms with Crippen molar-refractivity contribution in [1.29, 1.82) is 0 Å². The van der Waals surface area contributed by atoms with Crippen LogP contribution in [-0.4, -0.2) is 27.5 Å². The van der Waals surface area contributed by atoms with Crippen LogP contribution in [0.3, 0.4) is 0 Å². The second-order valence-electron chi connectivity index (χ2n) is 6.41. The molecule has 5 heteroatoms. The maximum absolute atomic E-state index is 12.9. The first-order valence-corrected chi connectivity index (χ1v) is 8.67. The molecule has 1 atom stereocenters. The van der Waals surface area contributed by atoms with Gasteiger partial charge in [0.15, 0.2) is 6.10 Å². The number of carbonyl (C=O) groups excluding carboxylic acids is 2. The molecule has 0 aliphatic carbocycles. The Kier molecular flexibility index (Phi) is 5.12. The maximum Gasteiger partial charge on any atom is 0.338 e. The van der Waals surface area contributed by atoms with Crippen molar-refractivity contribution in [3.05, 3.63) is 83.2 Å². The lowest BCUT2D eigenvalue weighted by molar-refractivity contribution is 0.0318. The van der Waals surface area contributed by atoms with Crippen LogP contribution in [-0.2, 0) is 4.74 Å². The number of Topliss-reactive ketones (excluding diaryl/α,β-unsaturated/α-hetero) is 1. The minimum Gasteiger partial charge on any atom is -0.508 e. The predicted molar refractivity (Wildman–Crippen MR) is 103 cm³/mol. The Bertz CT molecular complexity index is 972. The Balaban J connectivity index is 1.81. The van der Waals surface area contributed by atoms with E-state index < -0.39 is 12.1 Å². The standard InChI is InChI=1S/C22H21NO4/c1-14-13-20(15(2)23(14)18-7-5-4-6-8-18)21(25)16(3)27-22(26)17-9-11-19(24)12-10-17/h4-13,16,24H,1-3H3/t16-/m1/s1. The summed E-state index contributed by atoms with van der Waals surface area (Å²) in [6.45, 7) is 5.38. The van der Waals surface area contributed by atoms with Gasteiger partial charge >= 0.3 is 5.97 Å². The van der Waals surface area contributed by atoms with Crippen molar-refractivity contribution in [3.8, 4) is 11.4 Å². The van der Waals surface area contributed by atoms with Crippen LogP contribution in [0.15, 0.2) is 60.7 Å². The van der Waals surface area contributed by atoms with E-state index in [-0.39, 0.29) is 17.1 Å². The van der Waals surface area contributed by atoms with E-state index in [4.69, 9.17) is 4.74 Å². The number of hydrogen-bond donors (Lipinski definition) is 1. The molecule has 27 heavy (non-hydrogen) atoms. The van der Waals surface area contributed by atoms with Gasteiger partial charge in [-0.3, -0.25) is 4.79 Å². The molecule has 3 rings (SSSR count). The molecule has 5 nitrogen and oxygen atoms in total. The molecule has 1 heterocycles. The number of carbonyl (C=O) groups is 2. The molecule has 2 aromatic carbocycles. The first-order valence-electron chi connectivity index (χ1n) is 8.67. The SMILES string of the molecule is Cc1cc(C(=O)[C@@H](C)OC(=O)c2ccc(O)cc2)c(C)n1-c1ccccc1. The lowest BCUT2D eigenvalue weighted by Gasteiger charge is -2.13. The summed E-state index contributed by atoms with van der Waals surface area (Å²) >= 11 is 0. The van der Waals surface area contributed by atoms with Gasteiger partial charge in [0.2, 0.25) is 5.78 Å². The zero-order chi connectivity index (χ0) is 19.6. The molecule has 3 aromatic rings. The fraction of sp³-hybridized carbons (Fsp3) is 0.182. The van der Waals surface area contributed by atoms with E-state index in [9.17, 15) is 14.7 Å². The predicted octanol–water partition coefficient (Wildman–Crippen LogP) is 4.23.